The molecule has 0 spiro atoms. The Morgan fingerprint density at radius 3 is 2.09 bits per heavy atom. The maximum atomic E-state index is 13.1. The second-order valence-corrected chi connectivity index (χ2v) is 10.2. The molecule has 1 fully saturated rings. The highest BCUT2D eigenvalue weighted by Gasteiger charge is 2.42. The lowest BCUT2D eigenvalue weighted by Gasteiger charge is -2.36. The van der Waals surface area contributed by atoms with Crippen molar-refractivity contribution in [3.63, 3.8) is 0 Å². The van der Waals surface area contributed by atoms with E-state index in [1.165, 1.54) is 28.3 Å². The number of amides is 3. The first-order valence-electron chi connectivity index (χ1n) is 10.9. The van der Waals surface area contributed by atoms with Crippen molar-refractivity contribution >= 4 is 27.7 Å². The third kappa shape index (κ3) is 3.61. The highest BCUT2D eigenvalue weighted by atomic mass is 32.2. The summed E-state index contributed by atoms with van der Waals surface area (Å²) in [7, 11) is -3.79. The molecule has 0 saturated carbocycles. The molecule has 0 N–H and O–H groups in total. The van der Waals surface area contributed by atoms with Gasteiger partial charge in [-0.25, -0.2) is 8.42 Å². The zero-order valence-corrected chi connectivity index (χ0v) is 19.3. The Kier molecular flexibility index (Phi) is 5.53. The average Bonchev–Trinajstić information content (AvgIpc) is 3.12. The zero-order chi connectivity index (χ0) is 24.0. The van der Waals surface area contributed by atoms with E-state index in [4.69, 9.17) is 9.47 Å². The van der Waals surface area contributed by atoms with E-state index in [2.05, 4.69) is 0 Å². The van der Waals surface area contributed by atoms with E-state index in [1.54, 1.807) is 30.3 Å². The first-order chi connectivity index (χ1) is 16.3. The van der Waals surface area contributed by atoms with Gasteiger partial charge >= 0.3 is 0 Å². The molecule has 1 unspecified atom stereocenters. The summed E-state index contributed by atoms with van der Waals surface area (Å²) in [6, 6.07) is 9.97. The molecule has 3 amide bonds. The maximum Gasteiger partial charge on any atom is 0.262 e. The minimum atomic E-state index is -3.79. The number of carbonyl (C=O) groups is 3. The van der Waals surface area contributed by atoms with Crippen LogP contribution in [-0.4, -0.2) is 85.7 Å². The zero-order valence-electron chi connectivity index (χ0n) is 18.5. The van der Waals surface area contributed by atoms with E-state index in [-0.39, 0.29) is 42.2 Å². The van der Waals surface area contributed by atoms with Gasteiger partial charge in [-0.3, -0.25) is 19.3 Å². The Morgan fingerprint density at radius 1 is 0.882 bits per heavy atom. The molecule has 34 heavy (non-hydrogen) atoms. The number of sulfonamides is 1. The monoisotopic (exact) mass is 485 g/mol. The lowest BCUT2D eigenvalue weighted by molar-refractivity contribution is -0.136. The number of nitrogens with zero attached hydrogens (tertiary/aromatic N) is 3. The Morgan fingerprint density at radius 2 is 1.47 bits per heavy atom. The van der Waals surface area contributed by atoms with Gasteiger partial charge in [0.05, 0.1) is 16.0 Å². The van der Waals surface area contributed by atoms with Crippen molar-refractivity contribution in [1.82, 2.24) is 14.1 Å². The van der Waals surface area contributed by atoms with Crippen molar-refractivity contribution in [2.45, 2.75) is 17.9 Å². The third-order valence-electron chi connectivity index (χ3n) is 6.27. The van der Waals surface area contributed by atoms with Crippen LogP contribution in [-0.2, 0) is 14.8 Å². The van der Waals surface area contributed by atoms with Crippen molar-refractivity contribution < 1.29 is 32.3 Å². The molecule has 3 aliphatic rings. The van der Waals surface area contributed by atoms with Gasteiger partial charge in [-0.15, -0.1) is 0 Å². The van der Waals surface area contributed by atoms with Crippen LogP contribution in [0.1, 0.15) is 27.6 Å². The van der Waals surface area contributed by atoms with Crippen LogP contribution in [0.2, 0.25) is 0 Å². The first-order valence-corrected chi connectivity index (χ1v) is 12.4. The molecular weight excluding hydrogens is 462 g/mol. The summed E-state index contributed by atoms with van der Waals surface area (Å²) >= 11 is 0. The van der Waals surface area contributed by atoms with Gasteiger partial charge in [-0.1, -0.05) is 12.1 Å². The summed E-state index contributed by atoms with van der Waals surface area (Å²) in [5.41, 5.74) is 0.560. The van der Waals surface area contributed by atoms with E-state index >= 15 is 0 Å². The molecule has 3 heterocycles. The number of piperazine rings is 1. The van der Waals surface area contributed by atoms with Crippen molar-refractivity contribution in [2.75, 3.05) is 39.4 Å². The van der Waals surface area contributed by atoms with Crippen LogP contribution in [0.4, 0.5) is 0 Å². The fraction of sp³-hybridized carbons (Fsp3) is 0.348. The largest absolute Gasteiger partial charge is 0.486 e. The van der Waals surface area contributed by atoms with Crippen molar-refractivity contribution in [2.24, 2.45) is 0 Å². The minimum Gasteiger partial charge on any atom is -0.486 e. The Hall–Kier alpha value is -3.44. The van der Waals surface area contributed by atoms with Gasteiger partial charge in [0.1, 0.15) is 19.3 Å². The number of fused-ring (bicyclic) bond motifs is 2. The van der Waals surface area contributed by atoms with Crippen LogP contribution >= 0.6 is 0 Å². The SMILES string of the molecule is CC(C(=O)N1CCN(S(=O)(=O)c2ccc3c(c2)OCCO3)CC1)N1C(=O)c2ccccc2C1=O. The normalized spacial score (nSPS) is 19.2. The quantitative estimate of drug-likeness (QED) is 0.593. The molecule has 0 aromatic heterocycles. The molecule has 2 aromatic rings. The molecule has 11 heteroatoms. The summed E-state index contributed by atoms with van der Waals surface area (Å²) < 4.78 is 38.5. The molecule has 3 aliphatic heterocycles. The third-order valence-corrected chi connectivity index (χ3v) is 8.17. The highest BCUT2D eigenvalue weighted by molar-refractivity contribution is 7.89. The van der Waals surface area contributed by atoms with E-state index in [1.807, 2.05) is 0 Å². The number of imide groups is 1. The average molecular weight is 486 g/mol. The molecule has 10 nitrogen and oxygen atoms in total. The van der Waals surface area contributed by atoms with Gasteiger partial charge in [-0.05, 0) is 31.2 Å². The molecule has 178 valence electrons. The number of carbonyl (C=O) groups excluding carboxylic acids is 3. The summed E-state index contributed by atoms with van der Waals surface area (Å²) in [6.45, 7) is 2.76. The summed E-state index contributed by atoms with van der Waals surface area (Å²) in [6.07, 6.45) is 0. The number of ether oxygens (including phenoxy) is 2. The summed E-state index contributed by atoms with van der Waals surface area (Å²) in [5.74, 6) is -0.507. The smallest absolute Gasteiger partial charge is 0.262 e. The topological polar surface area (TPSA) is 114 Å². The Balaban J connectivity index is 1.26. The number of benzene rings is 2. The predicted octanol–water partition coefficient (Wildman–Crippen LogP) is 0.975. The van der Waals surface area contributed by atoms with Crippen LogP contribution in [0, 0.1) is 0 Å². The second kappa shape index (κ2) is 8.41. The Labute approximate surface area is 196 Å². The van der Waals surface area contributed by atoms with Crippen LogP contribution in [0.5, 0.6) is 11.5 Å². The maximum absolute atomic E-state index is 13.1. The Bertz CT molecular complexity index is 1250. The molecule has 2 aromatic carbocycles. The molecule has 1 atom stereocenters. The van der Waals surface area contributed by atoms with Crippen LogP contribution in [0.25, 0.3) is 0 Å². The van der Waals surface area contributed by atoms with Gasteiger partial charge in [-0.2, -0.15) is 4.31 Å². The number of hydrogen-bond acceptors (Lipinski definition) is 7. The van der Waals surface area contributed by atoms with E-state index in [0.29, 0.717) is 24.7 Å². The molecule has 5 rings (SSSR count). The van der Waals surface area contributed by atoms with Crippen molar-refractivity contribution in [3.05, 3.63) is 53.6 Å². The standard InChI is InChI=1S/C23H23N3O7S/c1-15(26-22(28)17-4-2-3-5-18(17)23(26)29)21(27)24-8-10-25(11-9-24)34(30,31)16-6-7-19-20(14-16)33-13-12-32-19/h2-7,14-15H,8-13H2,1H3. The predicted molar refractivity (Wildman–Crippen MR) is 119 cm³/mol. The first kappa shape index (κ1) is 22.4. The van der Waals surface area contributed by atoms with E-state index < -0.39 is 33.8 Å². The van der Waals surface area contributed by atoms with Crippen LogP contribution < -0.4 is 9.47 Å². The summed E-state index contributed by atoms with van der Waals surface area (Å²) in [4.78, 5) is 41.1. The van der Waals surface area contributed by atoms with Gasteiger partial charge in [0.25, 0.3) is 11.8 Å². The van der Waals surface area contributed by atoms with Gasteiger partial charge in [0, 0.05) is 32.2 Å². The molecule has 0 bridgehead atoms. The lowest BCUT2D eigenvalue weighted by atomic mass is 10.1. The lowest BCUT2D eigenvalue weighted by Crippen LogP contribution is -2.55. The molecule has 1 saturated heterocycles. The summed E-state index contributed by atoms with van der Waals surface area (Å²) in [5, 5.41) is 0. The van der Waals surface area contributed by atoms with Gasteiger partial charge in [0.15, 0.2) is 11.5 Å². The van der Waals surface area contributed by atoms with E-state index in [9.17, 15) is 22.8 Å². The molecular formula is C23H23N3O7S. The van der Waals surface area contributed by atoms with Crippen LogP contribution in [0.3, 0.4) is 0 Å². The number of hydrogen-bond donors (Lipinski definition) is 0. The van der Waals surface area contributed by atoms with Gasteiger partial charge < -0.3 is 14.4 Å². The van der Waals surface area contributed by atoms with Crippen molar-refractivity contribution in [1.29, 1.82) is 0 Å². The van der Waals surface area contributed by atoms with Crippen molar-refractivity contribution in [3.8, 4) is 11.5 Å². The van der Waals surface area contributed by atoms with Gasteiger partial charge in [0.2, 0.25) is 15.9 Å². The second-order valence-electron chi connectivity index (χ2n) is 8.24. The molecule has 0 radical (unpaired) electrons. The number of rotatable bonds is 4. The fourth-order valence-corrected chi connectivity index (χ4v) is 5.85. The van der Waals surface area contributed by atoms with E-state index in [0.717, 1.165) is 4.90 Å². The molecule has 0 aliphatic carbocycles. The minimum absolute atomic E-state index is 0.0934. The highest BCUT2D eigenvalue weighted by Crippen LogP contribution is 2.33. The fourth-order valence-electron chi connectivity index (χ4n) is 4.42. The van der Waals surface area contributed by atoms with Crippen LogP contribution in [0.15, 0.2) is 47.4 Å².